The van der Waals surface area contributed by atoms with Crippen molar-refractivity contribution >= 4 is 27.3 Å². The number of pyridine rings is 1. The number of halogens is 1. The molecular formula is C10H15ClN2O3S. The predicted octanol–water partition coefficient (Wildman–Crippen LogP) is 1.82. The number of ether oxygens (including phenoxy) is 1. The summed E-state index contributed by atoms with van der Waals surface area (Å²) in [6.45, 7) is 2.18. The summed E-state index contributed by atoms with van der Waals surface area (Å²) in [5.41, 5.74) is 1.15. The number of anilines is 1. The van der Waals surface area contributed by atoms with Crippen LogP contribution in [0.1, 0.15) is 12.0 Å². The molecule has 0 aliphatic carbocycles. The molecule has 0 aliphatic heterocycles. The highest BCUT2D eigenvalue weighted by Gasteiger charge is 2.10. The lowest BCUT2D eigenvalue weighted by Crippen LogP contribution is -2.18. The highest BCUT2D eigenvalue weighted by Crippen LogP contribution is 2.17. The van der Waals surface area contributed by atoms with Gasteiger partial charge < -0.3 is 4.74 Å². The number of nitrogens with zero attached hydrogens (tertiary/aromatic N) is 1. The van der Waals surface area contributed by atoms with E-state index in [1.165, 1.54) is 13.3 Å². The van der Waals surface area contributed by atoms with Gasteiger partial charge >= 0.3 is 0 Å². The van der Waals surface area contributed by atoms with Crippen LogP contribution in [0, 0.1) is 6.92 Å². The lowest BCUT2D eigenvalue weighted by molar-refractivity contribution is 0.199. The van der Waals surface area contributed by atoms with Crippen molar-refractivity contribution in [3.05, 3.63) is 23.0 Å². The smallest absolute Gasteiger partial charge is 0.232 e. The van der Waals surface area contributed by atoms with Crippen molar-refractivity contribution in [2.24, 2.45) is 0 Å². The molecule has 1 aromatic rings. The molecule has 1 rings (SSSR count). The molecule has 17 heavy (non-hydrogen) atoms. The van der Waals surface area contributed by atoms with Gasteiger partial charge in [0, 0.05) is 13.7 Å². The van der Waals surface area contributed by atoms with Gasteiger partial charge in [-0.1, -0.05) is 11.6 Å². The molecule has 7 heteroatoms. The number of sulfonamides is 1. The van der Waals surface area contributed by atoms with Crippen molar-refractivity contribution in [3.8, 4) is 0 Å². The van der Waals surface area contributed by atoms with Crippen LogP contribution in [-0.2, 0) is 14.8 Å². The summed E-state index contributed by atoms with van der Waals surface area (Å²) in [6, 6.07) is 1.64. The van der Waals surface area contributed by atoms with Gasteiger partial charge in [-0.2, -0.15) is 0 Å². The summed E-state index contributed by atoms with van der Waals surface area (Å²) >= 11 is 5.75. The molecule has 96 valence electrons. The van der Waals surface area contributed by atoms with E-state index in [2.05, 4.69) is 9.71 Å². The molecule has 1 N–H and O–H groups in total. The van der Waals surface area contributed by atoms with Gasteiger partial charge in [0.05, 0.1) is 17.6 Å². The molecule has 0 aromatic carbocycles. The minimum absolute atomic E-state index is 0.0164. The van der Waals surface area contributed by atoms with E-state index in [0.717, 1.165) is 5.56 Å². The molecule has 0 fully saturated rings. The first kappa shape index (κ1) is 14.2. The third kappa shape index (κ3) is 4.89. The first-order valence-electron chi connectivity index (χ1n) is 5.06. The Morgan fingerprint density at radius 3 is 2.82 bits per heavy atom. The van der Waals surface area contributed by atoms with Gasteiger partial charge in [-0.3, -0.25) is 4.72 Å². The van der Waals surface area contributed by atoms with Crippen molar-refractivity contribution in [1.82, 2.24) is 4.98 Å². The highest BCUT2D eigenvalue weighted by molar-refractivity contribution is 7.92. The fourth-order valence-corrected chi connectivity index (χ4v) is 2.41. The quantitative estimate of drug-likeness (QED) is 0.637. The molecule has 0 radical (unpaired) electrons. The molecule has 0 saturated heterocycles. The van der Waals surface area contributed by atoms with Crippen molar-refractivity contribution in [3.63, 3.8) is 0 Å². The zero-order valence-electron chi connectivity index (χ0n) is 9.73. The Hall–Kier alpha value is -0.850. The Labute approximate surface area is 106 Å². The van der Waals surface area contributed by atoms with E-state index in [1.807, 2.05) is 0 Å². The maximum absolute atomic E-state index is 11.6. The van der Waals surface area contributed by atoms with Crippen molar-refractivity contribution < 1.29 is 13.2 Å². The minimum Gasteiger partial charge on any atom is -0.385 e. The molecule has 0 bridgehead atoms. The third-order valence-corrected chi connectivity index (χ3v) is 3.82. The monoisotopic (exact) mass is 278 g/mol. The Morgan fingerprint density at radius 1 is 1.53 bits per heavy atom. The van der Waals surface area contributed by atoms with Crippen LogP contribution in [0.15, 0.2) is 12.3 Å². The molecule has 0 amide bonds. The Balaban J connectivity index is 2.66. The molecule has 0 aliphatic rings. The van der Waals surface area contributed by atoms with E-state index >= 15 is 0 Å². The SMILES string of the molecule is COCCCS(=O)(=O)Nc1cnc(Cl)c(C)c1. The first-order chi connectivity index (χ1) is 7.94. The van der Waals surface area contributed by atoms with Gasteiger partial charge in [-0.15, -0.1) is 0 Å². The van der Waals surface area contributed by atoms with Gasteiger partial charge in [0.15, 0.2) is 0 Å². The van der Waals surface area contributed by atoms with Crippen LogP contribution in [-0.4, -0.2) is 32.9 Å². The van der Waals surface area contributed by atoms with Crippen LogP contribution >= 0.6 is 11.6 Å². The van der Waals surface area contributed by atoms with Crippen LogP contribution in [0.2, 0.25) is 5.15 Å². The number of hydrogen-bond acceptors (Lipinski definition) is 4. The van der Waals surface area contributed by atoms with E-state index in [0.29, 0.717) is 23.9 Å². The van der Waals surface area contributed by atoms with Gasteiger partial charge in [0.25, 0.3) is 0 Å². The van der Waals surface area contributed by atoms with Crippen LogP contribution < -0.4 is 4.72 Å². The summed E-state index contributed by atoms with van der Waals surface area (Å²) in [5, 5.41) is 0.368. The lowest BCUT2D eigenvalue weighted by Gasteiger charge is -2.08. The first-order valence-corrected chi connectivity index (χ1v) is 7.09. The van der Waals surface area contributed by atoms with Crippen LogP contribution in [0.25, 0.3) is 0 Å². The number of nitrogens with one attached hydrogen (secondary N) is 1. The Morgan fingerprint density at radius 2 is 2.24 bits per heavy atom. The molecule has 1 heterocycles. The minimum atomic E-state index is -3.35. The second-order valence-electron chi connectivity index (χ2n) is 3.60. The van der Waals surface area contributed by atoms with E-state index in [9.17, 15) is 8.42 Å². The number of aryl methyl sites for hydroxylation is 1. The predicted molar refractivity (Wildman–Crippen MR) is 67.9 cm³/mol. The average molecular weight is 279 g/mol. The fourth-order valence-electron chi connectivity index (χ4n) is 1.24. The van der Waals surface area contributed by atoms with Crippen molar-refractivity contribution in [2.75, 3.05) is 24.2 Å². The molecule has 0 spiro atoms. The largest absolute Gasteiger partial charge is 0.385 e. The standard InChI is InChI=1S/C10H15ClN2O3S/c1-8-6-9(7-12-10(8)11)13-17(14,15)5-3-4-16-2/h6-7,13H,3-5H2,1-2H3. The molecule has 0 saturated carbocycles. The molecule has 0 unspecified atom stereocenters. The number of methoxy groups -OCH3 is 1. The molecular weight excluding hydrogens is 264 g/mol. The van der Waals surface area contributed by atoms with Crippen LogP contribution in [0.5, 0.6) is 0 Å². The van der Waals surface area contributed by atoms with Crippen LogP contribution in [0.3, 0.4) is 0 Å². The topological polar surface area (TPSA) is 68.3 Å². The van der Waals surface area contributed by atoms with E-state index < -0.39 is 10.0 Å². The zero-order chi connectivity index (χ0) is 12.9. The second kappa shape index (κ2) is 6.18. The lowest BCUT2D eigenvalue weighted by atomic mass is 10.3. The van der Waals surface area contributed by atoms with E-state index in [-0.39, 0.29) is 5.75 Å². The fraction of sp³-hybridized carbons (Fsp3) is 0.500. The maximum Gasteiger partial charge on any atom is 0.232 e. The maximum atomic E-state index is 11.6. The normalized spacial score (nSPS) is 11.5. The van der Waals surface area contributed by atoms with Crippen LogP contribution in [0.4, 0.5) is 5.69 Å². The average Bonchev–Trinajstić information content (AvgIpc) is 2.23. The van der Waals surface area contributed by atoms with Crippen molar-refractivity contribution in [1.29, 1.82) is 0 Å². The highest BCUT2D eigenvalue weighted by atomic mass is 35.5. The van der Waals surface area contributed by atoms with E-state index in [1.54, 1.807) is 13.0 Å². The van der Waals surface area contributed by atoms with E-state index in [4.69, 9.17) is 16.3 Å². The summed E-state index contributed by atoms with van der Waals surface area (Å²) < 4.78 is 30.5. The van der Waals surface area contributed by atoms with Gasteiger partial charge in [-0.25, -0.2) is 13.4 Å². The summed E-state index contributed by atoms with van der Waals surface area (Å²) in [5.74, 6) is 0.0164. The molecule has 5 nitrogen and oxygen atoms in total. The van der Waals surface area contributed by atoms with Gasteiger partial charge in [0.2, 0.25) is 10.0 Å². The number of rotatable bonds is 6. The summed E-state index contributed by atoms with van der Waals surface area (Å²) in [4.78, 5) is 3.87. The summed E-state index contributed by atoms with van der Waals surface area (Å²) in [6.07, 6.45) is 1.84. The molecule has 0 atom stereocenters. The zero-order valence-corrected chi connectivity index (χ0v) is 11.3. The van der Waals surface area contributed by atoms with Gasteiger partial charge in [-0.05, 0) is 25.0 Å². The van der Waals surface area contributed by atoms with Crippen molar-refractivity contribution in [2.45, 2.75) is 13.3 Å². The van der Waals surface area contributed by atoms with Gasteiger partial charge in [0.1, 0.15) is 5.15 Å². The number of aromatic nitrogens is 1. The Bertz CT molecular complexity index is 476. The molecule has 1 aromatic heterocycles. The Kier molecular flexibility index (Phi) is 5.17. The third-order valence-electron chi connectivity index (χ3n) is 2.05. The second-order valence-corrected chi connectivity index (χ2v) is 5.80. The summed E-state index contributed by atoms with van der Waals surface area (Å²) in [7, 11) is -1.82. The number of hydrogen-bond donors (Lipinski definition) is 1.